The molecule has 4 N–H and O–H groups in total. The molecule has 3 heterocycles. The lowest BCUT2D eigenvalue weighted by Crippen LogP contribution is -2.47. The van der Waals surface area contributed by atoms with Crippen LogP contribution in [-0.4, -0.2) is 60.5 Å². The Balaban J connectivity index is 1.60. The lowest BCUT2D eigenvalue weighted by atomic mass is 10.1. The second-order valence-corrected chi connectivity index (χ2v) is 11.3. The van der Waals surface area contributed by atoms with Crippen LogP contribution in [-0.2, 0) is 14.8 Å². The summed E-state index contributed by atoms with van der Waals surface area (Å²) in [6.45, 7) is 5.93. The molecule has 0 aliphatic carbocycles. The maximum absolute atomic E-state index is 13.4. The minimum atomic E-state index is -4.14. The summed E-state index contributed by atoms with van der Waals surface area (Å²) in [5.41, 5.74) is 4.29. The molecule has 0 saturated carbocycles. The first-order valence-electron chi connectivity index (χ1n) is 11.3. The number of benzene rings is 1. The fourth-order valence-electron chi connectivity index (χ4n) is 4.19. The Hall–Kier alpha value is -3.71. The van der Waals surface area contributed by atoms with Crippen molar-refractivity contribution in [3.63, 3.8) is 0 Å². The van der Waals surface area contributed by atoms with Gasteiger partial charge in [0.25, 0.3) is 17.4 Å². The number of carbonyl (C=O) groups is 3. The number of amides is 3. The molecule has 0 spiro atoms. The van der Waals surface area contributed by atoms with Crippen molar-refractivity contribution in [3.05, 3.63) is 51.8 Å². The van der Waals surface area contributed by atoms with Crippen molar-refractivity contribution in [3.8, 4) is 5.69 Å². The van der Waals surface area contributed by atoms with Crippen LogP contribution in [0.3, 0.4) is 0 Å². The molecule has 12 nitrogen and oxygen atoms in total. The van der Waals surface area contributed by atoms with Crippen molar-refractivity contribution in [2.45, 2.75) is 50.2 Å². The molecule has 1 aromatic carbocycles. The zero-order chi connectivity index (χ0) is 26.4. The first-order valence-corrected chi connectivity index (χ1v) is 12.8. The van der Waals surface area contributed by atoms with Gasteiger partial charge in [0.1, 0.15) is 16.3 Å². The number of hydrogen-bond donors (Lipinski definition) is 3. The third-order valence-corrected chi connectivity index (χ3v) is 7.39. The van der Waals surface area contributed by atoms with Crippen molar-refractivity contribution < 1.29 is 27.5 Å². The first kappa shape index (κ1) is 25.4. The van der Waals surface area contributed by atoms with E-state index in [1.54, 1.807) is 20.8 Å². The maximum atomic E-state index is 13.4. The van der Waals surface area contributed by atoms with Crippen LogP contribution in [0.15, 0.2) is 40.0 Å². The van der Waals surface area contributed by atoms with Crippen molar-refractivity contribution in [2.24, 2.45) is 0 Å². The highest BCUT2D eigenvalue weighted by Gasteiger charge is 2.34. The fourth-order valence-corrected chi connectivity index (χ4v) is 5.68. The zero-order valence-electron chi connectivity index (χ0n) is 20.0. The van der Waals surface area contributed by atoms with Gasteiger partial charge in [-0.2, -0.15) is 0 Å². The number of imide groups is 1. The molecule has 2 aliphatic rings. The third kappa shape index (κ3) is 4.84. The third-order valence-electron chi connectivity index (χ3n) is 5.82. The van der Waals surface area contributed by atoms with E-state index in [1.165, 1.54) is 29.2 Å². The molecule has 0 bridgehead atoms. The van der Waals surface area contributed by atoms with Gasteiger partial charge in [0.2, 0.25) is 10.0 Å². The van der Waals surface area contributed by atoms with Gasteiger partial charge in [0, 0.05) is 25.2 Å². The zero-order valence-corrected chi connectivity index (χ0v) is 20.8. The minimum absolute atomic E-state index is 0.0614. The molecule has 36 heavy (non-hydrogen) atoms. The number of aromatic nitrogens is 1. The van der Waals surface area contributed by atoms with Gasteiger partial charge in [-0.05, 0) is 45.7 Å². The number of likely N-dealkylation sites (tertiary alicyclic amines) is 1. The van der Waals surface area contributed by atoms with E-state index in [0.29, 0.717) is 25.9 Å². The molecule has 3 amide bonds. The molecule has 1 fully saturated rings. The van der Waals surface area contributed by atoms with Crippen LogP contribution in [0.5, 0.6) is 0 Å². The smallest absolute Gasteiger partial charge is 0.410 e. The van der Waals surface area contributed by atoms with Crippen molar-refractivity contribution in [2.75, 3.05) is 18.8 Å². The van der Waals surface area contributed by atoms with E-state index < -0.39 is 45.1 Å². The summed E-state index contributed by atoms with van der Waals surface area (Å²) in [6.07, 6.45) is 0.274. The number of sulfonamides is 1. The van der Waals surface area contributed by atoms with E-state index in [9.17, 15) is 27.6 Å². The number of fused-ring (bicyclic) bond motifs is 1. The molecule has 2 aromatic rings. The topological polar surface area (TPSA) is 170 Å². The normalized spacial score (nSPS) is 16.6. The highest BCUT2D eigenvalue weighted by molar-refractivity contribution is 7.89. The van der Waals surface area contributed by atoms with Gasteiger partial charge in [-0.3, -0.25) is 24.3 Å². The molecule has 0 atom stereocenters. The van der Waals surface area contributed by atoms with Gasteiger partial charge in [-0.1, -0.05) is 12.1 Å². The summed E-state index contributed by atoms with van der Waals surface area (Å²) in [6, 6.07) is 6.22. The first-order chi connectivity index (χ1) is 16.8. The van der Waals surface area contributed by atoms with Gasteiger partial charge in [0.05, 0.1) is 16.8 Å². The number of hydrogen-bond acceptors (Lipinski definition) is 8. The van der Waals surface area contributed by atoms with Gasteiger partial charge in [-0.15, -0.1) is 0 Å². The predicted octanol–water partition coefficient (Wildman–Crippen LogP) is 0.981. The molecular weight excluding hydrogens is 490 g/mol. The van der Waals surface area contributed by atoms with E-state index in [2.05, 4.69) is 10.0 Å². The Kier molecular flexibility index (Phi) is 6.39. The Bertz CT molecular complexity index is 1420. The molecule has 2 aliphatic heterocycles. The summed E-state index contributed by atoms with van der Waals surface area (Å²) in [5.74, 6) is -1.85. The van der Waals surface area contributed by atoms with Crippen LogP contribution in [0.25, 0.3) is 5.69 Å². The number of ether oxygens (including phenoxy) is 1. The Morgan fingerprint density at radius 3 is 2.39 bits per heavy atom. The van der Waals surface area contributed by atoms with Gasteiger partial charge >= 0.3 is 6.09 Å². The van der Waals surface area contributed by atoms with Crippen molar-refractivity contribution in [1.29, 1.82) is 0 Å². The molecule has 1 saturated heterocycles. The quantitative estimate of drug-likeness (QED) is 0.504. The molecule has 13 heteroatoms. The number of para-hydroxylation sites is 1. The molecule has 192 valence electrons. The number of nitrogens with one attached hydrogen (secondary N) is 2. The Morgan fingerprint density at radius 2 is 1.75 bits per heavy atom. The van der Waals surface area contributed by atoms with E-state index >= 15 is 0 Å². The summed E-state index contributed by atoms with van der Waals surface area (Å²) < 4.78 is 35.6. The lowest BCUT2D eigenvalue weighted by molar-refractivity contribution is 0.0203. The minimum Gasteiger partial charge on any atom is -0.444 e. The van der Waals surface area contributed by atoms with Crippen LogP contribution in [0.2, 0.25) is 0 Å². The fraction of sp³-hybridized carbons (Fsp3) is 0.391. The second-order valence-electron chi connectivity index (χ2n) is 9.61. The SMILES string of the molecule is CC(C)(C)OC(=O)N1CCC(NS(=O)(=O)c2ccccc2-n2c(N)c3c(cc2=O)C(=O)NC3=O)CC1. The summed E-state index contributed by atoms with van der Waals surface area (Å²) >= 11 is 0. The van der Waals surface area contributed by atoms with Crippen molar-refractivity contribution in [1.82, 2.24) is 19.5 Å². The average molecular weight is 518 g/mol. The summed E-state index contributed by atoms with van der Waals surface area (Å²) in [4.78, 5) is 50.6. The van der Waals surface area contributed by atoms with Gasteiger partial charge in [0.15, 0.2) is 0 Å². The van der Waals surface area contributed by atoms with Crippen LogP contribution in [0, 0.1) is 0 Å². The molecule has 4 rings (SSSR count). The number of anilines is 1. The highest BCUT2D eigenvalue weighted by Crippen LogP contribution is 2.27. The van der Waals surface area contributed by atoms with Crippen LogP contribution >= 0.6 is 0 Å². The Morgan fingerprint density at radius 1 is 1.11 bits per heavy atom. The summed E-state index contributed by atoms with van der Waals surface area (Å²) in [5, 5.41) is 2.07. The van der Waals surface area contributed by atoms with E-state index in [-0.39, 0.29) is 27.5 Å². The van der Waals surface area contributed by atoms with Crippen LogP contribution in [0.1, 0.15) is 54.3 Å². The van der Waals surface area contributed by atoms with Crippen molar-refractivity contribution >= 4 is 33.7 Å². The Labute approximate surface area is 207 Å². The standard InChI is InChI=1S/C23H27N5O7S/c1-23(2,3)35-22(32)27-10-8-13(9-11-27)26-36(33,34)16-7-5-4-6-15(16)28-17(29)12-14-18(19(28)24)21(31)25-20(14)30/h4-7,12-13,26H,8-11,24H2,1-3H3,(H,25,30,31). The van der Waals surface area contributed by atoms with Crippen LogP contribution in [0.4, 0.5) is 10.6 Å². The average Bonchev–Trinajstić information content (AvgIpc) is 3.06. The van der Waals surface area contributed by atoms with Gasteiger partial charge < -0.3 is 15.4 Å². The number of carbonyl (C=O) groups excluding carboxylic acids is 3. The molecule has 0 radical (unpaired) electrons. The monoisotopic (exact) mass is 517 g/mol. The maximum Gasteiger partial charge on any atom is 0.410 e. The molecule has 0 unspecified atom stereocenters. The number of nitrogens with two attached hydrogens (primary N) is 1. The molecule has 1 aromatic heterocycles. The lowest BCUT2D eigenvalue weighted by Gasteiger charge is -2.33. The largest absolute Gasteiger partial charge is 0.444 e. The number of pyridine rings is 1. The predicted molar refractivity (Wildman–Crippen MR) is 129 cm³/mol. The number of rotatable bonds is 4. The van der Waals surface area contributed by atoms with E-state index in [4.69, 9.17) is 10.5 Å². The van der Waals surface area contributed by atoms with Gasteiger partial charge in [-0.25, -0.2) is 17.9 Å². The van der Waals surface area contributed by atoms with Crippen LogP contribution < -0.4 is 21.3 Å². The number of nitrogens with zero attached hydrogens (tertiary/aromatic N) is 2. The highest BCUT2D eigenvalue weighted by atomic mass is 32.2. The van der Waals surface area contributed by atoms with E-state index in [0.717, 1.165) is 10.6 Å². The number of nitrogen functional groups attached to an aromatic ring is 1. The van der Waals surface area contributed by atoms with E-state index in [1.807, 2.05) is 0 Å². The summed E-state index contributed by atoms with van der Waals surface area (Å²) in [7, 11) is -4.14. The molecular formula is C23H27N5O7S. The second kappa shape index (κ2) is 9.06. The number of piperidine rings is 1.